The van der Waals surface area contributed by atoms with E-state index >= 15 is 0 Å². The fourth-order valence-electron chi connectivity index (χ4n) is 4.66. The summed E-state index contributed by atoms with van der Waals surface area (Å²) in [6.07, 6.45) is 7.26. The lowest BCUT2D eigenvalue weighted by molar-refractivity contribution is -0.117. The van der Waals surface area contributed by atoms with Crippen LogP contribution in [0.4, 0.5) is 5.00 Å². The number of ether oxygens (including phenoxy) is 1. The van der Waals surface area contributed by atoms with Crippen molar-refractivity contribution in [2.75, 3.05) is 51.2 Å². The SMILES string of the molecule is CCOC(=O)c1c(NC(=O)CN2CCN(C/C=C/c3ccccc3)CC2)sc2c1CCC(C)C2. The van der Waals surface area contributed by atoms with E-state index in [0.717, 1.165) is 57.5 Å². The molecule has 1 saturated heterocycles. The standard InChI is InChI=1S/C27H35N3O3S/c1-3-33-27(32)25-22-12-11-20(2)18-23(22)34-26(25)28-24(31)19-30-16-14-29(15-17-30)13-7-10-21-8-5-4-6-9-21/h4-10,20H,3,11-19H2,1-2H3,(H,28,31)/b10-7+. The minimum absolute atomic E-state index is 0.0605. The molecular formula is C27H35N3O3S. The van der Waals surface area contributed by atoms with E-state index in [9.17, 15) is 9.59 Å². The summed E-state index contributed by atoms with van der Waals surface area (Å²) >= 11 is 1.55. The third-order valence-electron chi connectivity index (χ3n) is 6.55. The van der Waals surface area contributed by atoms with Crippen LogP contribution in [0.1, 0.15) is 46.6 Å². The Balaban J connectivity index is 1.29. The Morgan fingerprint density at radius 3 is 2.62 bits per heavy atom. The number of esters is 1. The summed E-state index contributed by atoms with van der Waals surface area (Å²) in [5, 5.41) is 3.70. The van der Waals surface area contributed by atoms with Gasteiger partial charge in [-0.1, -0.05) is 49.4 Å². The highest BCUT2D eigenvalue weighted by Gasteiger charge is 2.29. The Morgan fingerprint density at radius 1 is 1.15 bits per heavy atom. The first-order valence-corrected chi connectivity index (χ1v) is 13.1. The molecule has 1 aromatic heterocycles. The molecule has 7 heteroatoms. The molecule has 6 nitrogen and oxygen atoms in total. The van der Waals surface area contributed by atoms with Crippen molar-refractivity contribution < 1.29 is 14.3 Å². The van der Waals surface area contributed by atoms with Gasteiger partial charge in [0.2, 0.25) is 5.91 Å². The minimum atomic E-state index is -0.318. The van der Waals surface area contributed by atoms with E-state index in [1.165, 1.54) is 10.4 Å². The Bertz CT molecular complexity index is 1010. The van der Waals surface area contributed by atoms with Crippen molar-refractivity contribution >= 4 is 34.3 Å². The summed E-state index contributed by atoms with van der Waals surface area (Å²) < 4.78 is 5.32. The number of benzene rings is 1. The number of fused-ring (bicyclic) bond motifs is 1. The number of amides is 1. The highest BCUT2D eigenvalue weighted by molar-refractivity contribution is 7.17. The topological polar surface area (TPSA) is 61.9 Å². The molecule has 0 spiro atoms. The van der Waals surface area contributed by atoms with Crippen LogP contribution in [0, 0.1) is 5.92 Å². The van der Waals surface area contributed by atoms with E-state index in [1.54, 1.807) is 11.3 Å². The molecule has 0 radical (unpaired) electrons. The van der Waals surface area contributed by atoms with E-state index in [0.29, 0.717) is 29.6 Å². The molecule has 1 aromatic carbocycles. The van der Waals surface area contributed by atoms with Gasteiger partial charge in [0.15, 0.2) is 0 Å². The average molecular weight is 482 g/mol. The van der Waals surface area contributed by atoms with Gasteiger partial charge in [0.05, 0.1) is 18.7 Å². The maximum atomic E-state index is 12.9. The second-order valence-electron chi connectivity index (χ2n) is 9.21. The largest absolute Gasteiger partial charge is 0.462 e. The molecule has 182 valence electrons. The number of anilines is 1. The summed E-state index contributed by atoms with van der Waals surface area (Å²) in [5.41, 5.74) is 2.87. The lowest BCUT2D eigenvalue weighted by Crippen LogP contribution is -2.48. The van der Waals surface area contributed by atoms with Crippen molar-refractivity contribution in [1.82, 2.24) is 9.80 Å². The zero-order chi connectivity index (χ0) is 23.9. The minimum Gasteiger partial charge on any atom is -0.462 e. The zero-order valence-electron chi connectivity index (χ0n) is 20.2. The number of carbonyl (C=O) groups excluding carboxylic acids is 2. The molecule has 0 bridgehead atoms. The van der Waals surface area contributed by atoms with Crippen molar-refractivity contribution in [2.24, 2.45) is 5.92 Å². The molecule has 1 aliphatic carbocycles. The van der Waals surface area contributed by atoms with Crippen LogP contribution in [-0.4, -0.2) is 67.6 Å². The molecule has 1 amide bonds. The van der Waals surface area contributed by atoms with Gasteiger partial charge in [0, 0.05) is 37.6 Å². The Morgan fingerprint density at radius 2 is 1.88 bits per heavy atom. The van der Waals surface area contributed by atoms with Crippen LogP contribution >= 0.6 is 11.3 Å². The van der Waals surface area contributed by atoms with Crippen LogP contribution in [-0.2, 0) is 22.4 Å². The number of hydrogen-bond acceptors (Lipinski definition) is 6. The van der Waals surface area contributed by atoms with E-state index in [-0.39, 0.29) is 11.9 Å². The summed E-state index contributed by atoms with van der Waals surface area (Å²) in [4.78, 5) is 31.4. The Kier molecular flexibility index (Phi) is 8.53. The summed E-state index contributed by atoms with van der Waals surface area (Å²) in [6.45, 7) is 9.23. The maximum absolute atomic E-state index is 12.9. The molecular weight excluding hydrogens is 446 g/mol. The molecule has 1 atom stereocenters. The lowest BCUT2D eigenvalue weighted by atomic mass is 9.88. The highest BCUT2D eigenvalue weighted by Crippen LogP contribution is 2.40. The molecule has 0 saturated carbocycles. The lowest BCUT2D eigenvalue weighted by Gasteiger charge is -2.33. The first-order valence-electron chi connectivity index (χ1n) is 12.3. The van der Waals surface area contributed by atoms with Crippen LogP contribution in [0.15, 0.2) is 36.4 Å². The molecule has 2 heterocycles. The molecule has 2 aliphatic rings. The van der Waals surface area contributed by atoms with Gasteiger partial charge in [-0.25, -0.2) is 4.79 Å². The molecule has 1 N–H and O–H groups in total. The number of rotatable bonds is 8. The maximum Gasteiger partial charge on any atom is 0.341 e. The third-order valence-corrected chi connectivity index (χ3v) is 7.72. The second-order valence-corrected chi connectivity index (χ2v) is 10.3. The van der Waals surface area contributed by atoms with Crippen LogP contribution in [0.25, 0.3) is 6.08 Å². The van der Waals surface area contributed by atoms with Gasteiger partial charge in [0.25, 0.3) is 0 Å². The zero-order valence-corrected chi connectivity index (χ0v) is 21.0. The molecule has 1 unspecified atom stereocenters. The second kappa shape index (κ2) is 11.8. The monoisotopic (exact) mass is 481 g/mol. The van der Waals surface area contributed by atoms with Crippen LogP contribution in [0.3, 0.4) is 0 Å². The predicted octanol–water partition coefficient (Wildman–Crippen LogP) is 4.32. The van der Waals surface area contributed by atoms with E-state index in [4.69, 9.17) is 4.74 Å². The van der Waals surface area contributed by atoms with Gasteiger partial charge in [0.1, 0.15) is 5.00 Å². The molecule has 34 heavy (non-hydrogen) atoms. The fourth-order valence-corrected chi connectivity index (χ4v) is 6.07. The first-order chi connectivity index (χ1) is 16.5. The van der Waals surface area contributed by atoms with Crippen molar-refractivity contribution in [3.05, 3.63) is 58.0 Å². The number of carbonyl (C=O) groups is 2. The van der Waals surface area contributed by atoms with Crippen molar-refractivity contribution in [3.63, 3.8) is 0 Å². The number of nitrogens with one attached hydrogen (secondary N) is 1. The van der Waals surface area contributed by atoms with Gasteiger partial charge >= 0.3 is 5.97 Å². The van der Waals surface area contributed by atoms with Crippen LogP contribution in [0.2, 0.25) is 0 Å². The fraction of sp³-hybridized carbons (Fsp3) is 0.481. The average Bonchev–Trinajstić information content (AvgIpc) is 3.17. The smallest absolute Gasteiger partial charge is 0.341 e. The van der Waals surface area contributed by atoms with Gasteiger partial charge in [-0.3, -0.25) is 14.6 Å². The Hall–Kier alpha value is -2.48. The van der Waals surface area contributed by atoms with E-state index < -0.39 is 0 Å². The molecule has 1 fully saturated rings. The van der Waals surface area contributed by atoms with Gasteiger partial charge in [-0.15, -0.1) is 11.3 Å². The Labute approximate surface area is 206 Å². The summed E-state index contributed by atoms with van der Waals surface area (Å²) in [6, 6.07) is 10.3. The van der Waals surface area contributed by atoms with E-state index in [1.807, 2.05) is 25.1 Å². The highest BCUT2D eigenvalue weighted by atomic mass is 32.1. The molecule has 2 aromatic rings. The number of nitrogens with zero attached hydrogens (tertiary/aromatic N) is 2. The molecule has 1 aliphatic heterocycles. The molecule has 4 rings (SSSR count). The number of hydrogen-bond donors (Lipinski definition) is 1. The normalized spacial score (nSPS) is 19.2. The van der Waals surface area contributed by atoms with E-state index in [2.05, 4.69) is 46.3 Å². The van der Waals surface area contributed by atoms with Gasteiger partial charge < -0.3 is 10.1 Å². The first kappa shape index (κ1) is 24.6. The third kappa shape index (κ3) is 6.34. The number of piperazine rings is 1. The summed E-state index contributed by atoms with van der Waals surface area (Å²) in [5.74, 6) is 0.222. The van der Waals surface area contributed by atoms with Gasteiger partial charge in [-0.05, 0) is 43.2 Å². The van der Waals surface area contributed by atoms with Crippen molar-refractivity contribution in [2.45, 2.75) is 33.1 Å². The van der Waals surface area contributed by atoms with Crippen molar-refractivity contribution in [1.29, 1.82) is 0 Å². The van der Waals surface area contributed by atoms with Crippen LogP contribution < -0.4 is 5.32 Å². The quantitative estimate of drug-likeness (QED) is 0.569. The van der Waals surface area contributed by atoms with Gasteiger partial charge in [-0.2, -0.15) is 0 Å². The summed E-state index contributed by atoms with van der Waals surface area (Å²) in [7, 11) is 0. The van der Waals surface area contributed by atoms with Crippen LogP contribution in [0.5, 0.6) is 0 Å². The van der Waals surface area contributed by atoms with Crippen molar-refractivity contribution in [3.8, 4) is 0 Å². The predicted molar refractivity (Wildman–Crippen MR) is 138 cm³/mol. The number of thiophene rings is 1.